The smallest absolute Gasteiger partial charge is 0.151 e. The molecule has 5 heteroatoms. The van der Waals surface area contributed by atoms with Crippen molar-refractivity contribution in [3.8, 4) is 0 Å². The summed E-state index contributed by atoms with van der Waals surface area (Å²) in [5.41, 5.74) is 0.981. The molecule has 2 rings (SSSR count). The third kappa shape index (κ3) is 3.52. The number of hydrogen-bond donors (Lipinski definition) is 1. The van der Waals surface area contributed by atoms with Gasteiger partial charge in [-0.15, -0.1) is 0 Å². The van der Waals surface area contributed by atoms with E-state index in [9.17, 15) is 0 Å². The molecular weight excluding hydrogens is 216 g/mol. The van der Waals surface area contributed by atoms with Crippen molar-refractivity contribution < 1.29 is 4.52 Å². The van der Waals surface area contributed by atoms with E-state index in [1.807, 2.05) is 13.1 Å². The van der Waals surface area contributed by atoms with Crippen LogP contribution < -0.4 is 5.32 Å². The molecule has 0 aliphatic carbocycles. The van der Waals surface area contributed by atoms with E-state index in [0.717, 1.165) is 57.3 Å². The molecule has 1 fully saturated rings. The van der Waals surface area contributed by atoms with Gasteiger partial charge in [0.25, 0.3) is 0 Å². The van der Waals surface area contributed by atoms with E-state index in [2.05, 4.69) is 27.2 Å². The van der Waals surface area contributed by atoms with Gasteiger partial charge < -0.3 is 14.7 Å². The Morgan fingerprint density at radius 3 is 2.65 bits per heavy atom. The van der Waals surface area contributed by atoms with Gasteiger partial charge in [0.15, 0.2) is 5.76 Å². The highest BCUT2D eigenvalue weighted by molar-refractivity contribution is 5.05. The van der Waals surface area contributed by atoms with Crippen LogP contribution in [0.5, 0.6) is 0 Å². The van der Waals surface area contributed by atoms with Crippen molar-refractivity contribution >= 4 is 0 Å². The van der Waals surface area contributed by atoms with Gasteiger partial charge >= 0.3 is 0 Å². The van der Waals surface area contributed by atoms with Crippen LogP contribution in [0.4, 0.5) is 0 Å². The fraction of sp³-hybridized carbons (Fsp3) is 0.750. The van der Waals surface area contributed by atoms with Gasteiger partial charge in [-0.25, -0.2) is 0 Å². The molecule has 1 aromatic rings. The first kappa shape index (κ1) is 12.5. The third-order valence-electron chi connectivity index (χ3n) is 3.26. The minimum Gasteiger partial charge on any atom is -0.360 e. The summed E-state index contributed by atoms with van der Waals surface area (Å²) in [4.78, 5) is 4.90. The Hall–Kier alpha value is -0.910. The molecule has 5 nitrogen and oxygen atoms in total. The maximum atomic E-state index is 5.33. The van der Waals surface area contributed by atoms with E-state index >= 15 is 0 Å². The summed E-state index contributed by atoms with van der Waals surface area (Å²) >= 11 is 0. The van der Waals surface area contributed by atoms with E-state index in [4.69, 9.17) is 4.52 Å². The molecule has 0 amide bonds. The van der Waals surface area contributed by atoms with Gasteiger partial charge in [-0.2, -0.15) is 0 Å². The lowest BCUT2D eigenvalue weighted by atomic mass is 10.3. The Kier molecular flexibility index (Phi) is 4.53. The highest BCUT2D eigenvalue weighted by Gasteiger charge is 2.17. The topological polar surface area (TPSA) is 44.5 Å². The summed E-state index contributed by atoms with van der Waals surface area (Å²) in [5.74, 6) is 0.972. The average Bonchev–Trinajstić information content (AvgIpc) is 2.78. The van der Waals surface area contributed by atoms with Crippen LogP contribution >= 0.6 is 0 Å². The highest BCUT2D eigenvalue weighted by atomic mass is 16.5. The number of nitrogens with zero attached hydrogens (tertiary/aromatic N) is 3. The predicted molar refractivity (Wildman–Crippen MR) is 66.7 cm³/mol. The van der Waals surface area contributed by atoms with Gasteiger partial charge in [-0.3, -0.25) is 4.90 Å². The van der Waals surface area contributed by atoms with Crippen LogP contribution in [0, 0.1) is 0 Å². The molecule has 0 aromatic carbocycles. The number of piperazine rings is 1. The van der Waals surface area contributed by atoms with Gasteiger partial charge in [0, 0.05) is 38.8 Å². The zero-order valence-corrected chi connectivity index (χ0v) is 10.8. The van der Waals surface area contributed by atoms with Gasteiger partial charge in [-0.1, -0.05) is 12.1 Å². The maximum absolute atomic E-state index is 5.33. The molecule has 0 saturated carbocycles. The number of nitrogens with one attached hydrogen (secondary N) is 1. The Balaban J connectivity index is 1.80. The second-order valence-corrected chi connectivity index (χ2v) is 4.53. The van der Waals surface area contributed by atoms with Gasteiger partial charge in [0.05, 0.1) is 12.2 Å². The lowest BCUT2D eigenvalue weighted by Gasteiger charge is -2.33. The second kappa shape index (κ2) is 6.14. The SMILES string of the molecule is CCN1CCN(Cc2cc(CNC)no2)CC1. The number of likely N-dealkylation sites (N-methyl/N-ethyl adjacent to an activating group) is 1. The molecule has 2 heterocycles. The van der Waals surface area contributed by atoms with Crippen LogP contribution in [0.3, 0.4) is 0 Å². The molecule has 0 atom stereocenters. The van der Waals surface area contributed by atoms with E-state index in [0.29, 0.717) is 0 Å². The summed E-state index contributed by atoms with van der Waals surface area (Å²) in [6, 6.07) is 2.04. The molecule has 1 N–H and O–H groups in total. The van der Waals surface area contributed by atoms with Gasteiger partial charge in [0.2, 0.25) is 0 Å². The van der Waals surface area contributed by atoms with Gasteiger partial charge in [0.1, 0.15) is 0 Å². The normalized spacial score (nSPS) is 18.7. The highest BCUT2D eigenvalue weighted by Crippen LogP contribution is 2.09. The minimum atomic E-state index is 0.771. The molecule has 1 saturated heterocycles. The molecule has 96 valence electrons. The van der Waals surface area contributed by atoms with E-state index in [1.54, 1.807) is 0 Å². The zero-order valence-electron chi connectivity index (χ0n) is 10.8. The Labute approximate surface area is 103 Å². The zero-order chi connectivity index (χ0) is 12.1. The first-order valence-electron chi connectivity index (χ1n) is 6.35. The summed E-state index contributed by atoms with van der Waals surface area (Å²) < 4.78 is 5.33. The average molecular weight is 238 g/mol. The first-order valence-corrected chi connectivity index (χ1v) is 6.35. The van der Waals surface area contributed by atoms with Crippen LogP contribution in [0.1, 0.15) is 18.4 Å². The van der Waals surface area contributed by atoms with Crippen molar-refractivity contribution in [3.05, 3.63) is 17.5 Å². The van der Waals surface area contributed by atoms with Crippen molar-refractivity contribution in [2.24, 2.45) is 0 Å². The molecule has 0 radical (unpaired) electrons. The molecule has 1 aliphatic heterocycles. The lowest BCUT2D eigenvalue weighted by molar-refractivity contribution is 0.122. The molecule has 17 heavy (non-hydrogen) atoms. The van der Waals surface area contributed by atoms with Crippen LogP contribution in [0.2, 0.25) is 0 Å². The number of aromatic nitrogens is 1. The van der Waals surface area contributed by atoms with Crippen LogP contribution in [-0.2, 0) is 13.1 Å². The molecule has 1 aliphatic rings. The van der Waals surface area contributed by atoms with Crippen molar-refractivity contribution in [3.63, 3.8) is 0 Å². The second-order valence-electron chi connectivity index (χ2n) is 4.53. The molecule has 1 aromatic heterocycles. The third-order valence-corrected chi connectivity index (χ3v) is 3.26. The number of hydrogen-bond acceptors (Lipinski definition) is 5. The summed E-state index contributed by atoms with van der Waals surface area (Å²) in [6.07, 6.45) is 0. The summed E-state index contributed by atoms with van der Waals surface area (Å²) in [7, 11) is 1.92. The fourth-order valence-electron chi connectivity index (χ4n) is 2.18. The molecule has 0 unspecified atom stereocenters. The quantitative estimate of drug-likeness (QED) is 0.811. The molecule has 0 bridgehead atoms. The van der Waals surface area contributed by atoms with Crippen molar-refractivity contribution in [1.82, 2.24) is 20.3 Å². The monoisotopic (exact) mass is 238 g/mol. The largest absolute Gasteiger partial charge is 0.360 e. The summed E-state index contributed by atoms with van der Waals surface area (Å²) in [5, 5.41) is 7.10. The minimum absolute atomic E-state index is 0.771. The van der Waals surface area contributed by atoms with E-state index in [1.165, 1.54) is 0 Å². The Morgan fingerprint density at radius 1 is 1.29 bits per heavy atom. The van der Waals surface area contributed by atoms with Crippen molar-refractivity contribution in [2.45, 2.75) is 20.0 Å². The first-order chi connectivity index (χ1) is 8.31. The molecular formula is C12H22N4O. The standard InChI is InChI=1S/C12H22N4O/c1-3-15-4-6-16(7-5-15)10-12-8-11(9-13-2)14-17-12/h8,13H,3-7,9-10H2,1-2H3. The van der Waals surface area contributed by atoms with Crippen LogP contribution in [0.25, 0.3) is 0 Å². The van der Waals surface area contributed by atoms with Crippen LogP contribution in [-0.4, -0.2) is 54.7 Å². The fourth-order valence-corrected chi connectivity index (χ4v) is 2.18. The number of rotatable bonds is 5. The van der Waals surface area contributed by atoms with Crippen LogP contribution in [0.15, 0.2) is 10.6 Å². The van der Waals surface area contributed by atoms with Crippen molar-refractivity contribution in [2.75, 3.05) is 39.8 Å². The van der Waals surface area contributed by atoms with Gasteiger partial charge in [-0.05, 0) is 13.6 Å². The predicted octanol–water partition coefficient (Wildman–Crippen LogP) is 0.532. The Morgan fingerprint density at radius 2 is 2.00 bits per heavy atom. The molecule has 0 spiro atoms. The maximum Gasteiger partial charge on any atom is 0.151 e. The van der Waals surface area contributed by atoms with E-state index < -0.39 is 0 Å². The summed E-state index contributed by atoms with van der Waals surface area (Å²) in [6.45, 7) is 9.59. The lowest BCUT2D eigenvalue weighted by Crippen LogP contribution is -2.45. The van der Waals surface area contributed by atoms with E-state index in [-0.39, 0.29) is 0 Å². The Bertz CT molecular complexity index is 331. The van der Waals surface area contributed by atoms with Crippen molar-refractivity contribution in [1.29, 1.82) is 0 Å².